The maximum absolute atomic E-state index is 11.0. The molecule has 1 aliphatic heterocycles. The number of hydrogen-bond donors (Lipinski definition) is 0. The third-order valence-corrected chi connectivity index (χ3v) is 1.71. The Morgan fingerprint density at radius 1 is 1.42 bits per heavy atom. The van der Waals surface area contributed by atoms with Gasteiger partial charge in [-0.15, -0.1) is 0 Å². The fourth-order valence-corrected chi connectivity index (χ4v) is 1.12. The largest absolute Gasteiger partial charge is 0.306 e. The SMILES string of the molecule is CC(=O)C1=CC=CCN1C(C)=O. The summed E-state index contributed by atoms with van der Waals surface area (Å²) < 4.78 is 0. The van der Waals surface area contributed by atoms with Gasteiger partial charge in [-0.3, -0.25) is 9.59 Å². The molecule has 0 saturated carbocycles. The minimum Gasteiger partial charge on any atom is -0.306 e. The number of carbonyl (C=O) groups is 2. The van der Waals surface area contributed by atoms with Crippen molar-refractivity contribution in [2.45, 2.75) is 13.8 Å². The molecule has 0 bridgehead atoms. The zero-order chi connectivity index (χ0) is 9.14. The lowest BCUT2D eigenvalue weighted by Gasteiger charge is -2.22. The Morgan fingerprint density at radius 3 is 2.50 bits per heavy atom. The summed E-state index contributed by atoms with van der Waals surface area (Å²) in [6.45, 7) is 3.41. The Kier molecular flexibility index (Phi) is 2.43. The van der Waals surface area contributed by atoms with Crippen molar-refractivity contribution in [2.24, 2.45) is 0 Å². The summed E-state index contributed by atoms with van der Waals surface area (Å²) in [5, 5.41) is 0. The second kappa shape index (κ2) is 3.34. The predicted molar refractivity (Wildman–Crippen MR) is 45.3 cm³/mol. The second-order valence-electron chi connectivity index (χ2n) is 2.67. The first kappa shape index (κ1) is 8.71. The number of allylic oxidation sites excluding steroid dienone is 3. The van der Waals surface area contributed by atoms with Gasteiger partial charge >= 0.3 is 0 Å². The van der Waals surface area contributed by atoms with Crippen LogP contribution in [-0.4, -0.2) is 23.1 Å². The fourth-order valence-electron chi connectivity index (χ4n) is 1.12. The van der Waals surface area contributed by atoms with Gasteiger partial charge in [0.1, 0.15) is 0 Å². The molecule has 3 nitrogen and oxygen atoms in total. The van der Waals surface area contributed by atoms with Crippen molar-refractivity contribution < 1.29 is 9.59 Å². The molecular formula is C9H11NO2. The third kappa shape index (κ3) is 1.61. The predicted octanol–water partition coefficient (Wildman–Crippen LogP) is 0.878. The normalized spacial score (nSPS) is 15.8. The molecule has 0 fully saturated rings. The van der Waals surface area contributed by atoms with Gasteiger partial charge in [-0.25, -0.2) is 0 Å². The highest BCUT2D eigenvalue weighted by Gasteiger charge is 2.17. The fraction of sp³-hybridized carbons (Fsp3) is 0.333. The Labute approximate surface area is 71.4 Å². The van der Waals surface area contributed by atoms with E-state index >= 15 is 0 Å². The van der Waals surface area contributed by atoms with Gasteiger partial charge in [-0.1, -0.05) is 12.2 Å². The monoisotopic (exact) mass is 165 g/mol. The van der Waals surface area contributed by atoms with Crippen molar-refractivity contribution >= 4 is 11.7 Å². The van der Waals surface area contributed by atoms with Gasteiger partial charge in [-0.2, -0.15) is 0 Å². The average molecular weight is 165 g/mol. The van der Waals surface area contributed by atoms with E-state index in [1.807, 2.05) is 6.08 Å². The van der Waals surface area contributed by atoms with Crippen molar-refractivity contribution in [3.8, 4) is 0 Å². The van der Waals surface area contributed by atoms with Crippen LogP contribution in [0.1, 0.15) is 13.8 Å². The maximum atomic E-state index is 11.0. The van der Waals surface area contributed by atoms with Crippen LogP contribution in [0.3, 0.4) is 0 Å². The van der Waals surface area contributed by atoms with Crippen molar-refractivity contribution in [3.05, 3.63) is 23.9 Å². The lowest BCUT2D eigenvalue weighted by atomic mass is 10.2. The maximum Gasteiger partial charge on any atom is 0.224 e. The van der Waals surface area contributed by atoms with Crippen LogP contribution in [0.4, 0.5) is 0 Å². The van der Waals surface area contributed by atoms with E-state index in [2.05, 4.69) is 0 Å². The summed E-state index contributed by atoms with van der Waals surface area (Å²) in [4.78, 5) is 23.5. The van der Waals surface area contributed by atoms with Gasteiger partial charge in [0.15, 0.2) is 5.78 Å². The summed E-state index contributed by atoms with van der Waals surface area (Å²) >= 11 is 0. The molecule has 64 valence electrons. The Bertz CT molecular complexity index is 276. The molecular weight excluding hydrogens is 154 g/mol. The lowest BCUT2D eigenvalue weighted by Crippen LogP contribution is -2.32. The molecule has 0 N–H and O–H groups in total. The van der Waals surface area contributed by atoms with Crippen molar-refractivity contribution in [3.63, 3.8) is 0 Å². The third-order valence-electron chi connectivity index (χ3n) is 1.71. The van der Waals surface area contributed by atoms with Crippen molar-refractivity contribution in [1.29, 1.82) is 0 Å². The average Bonchev–Trinajstić information content (AvgIpc) is 2.04. The molecule has 1 aliphatic rings. The quantitative estimate of drug-likeness (QED) is 0.578. The summed E-state index contributed by atoms with van der Waals surface area (Å²) in [7, 11) is 0. The number of hydrogen-bond acceptors (Lipinski definition) is 2. The van der Waals surface area contributed by atoms with E-state index in [1.165, 1.54) is 18.7 Å². The van der Waals surface area contributed by atoms with Crippen LogP contribution in [0.2, 0.25) is 0 Å². The molecule has 0 spiro atoms. The second-order valence-corrected chi connectivity index (χ2v) is 2.67. The van der Waals surface area contributed by atoms with Crippen LogP contribution < -0.4 is 0 Å². The number of amides is 1. The number of nitrogens with zero attached hydrogens (tertiary/aromatic N) is 1. The summed E-state index contributed by atoms with van der Waals surface area (Å²) in [6, 6.07) is 0. The molecule has 0 aromatic heterocycles. The molecule has 12 heavy (non-hydrogen) atoms. The van der Waals surface area contributed by atoms with Crippen molar-refractivity contribution in [2.75, 3.05) is 6.54 Å². The molecule has 0 aromatic rings. The minimum atomic E-state index is -0.0965. The number of rotatable bonds is 1. The van der Waals surface area contributed by atoms with Crippen molar-refractivity contribution in [1.82, 2.24) is 4.90 Å². The molecule has 1 heterocycles. The summed E-state index contributed by atoms with van der Waals surface area (Å²) in [5.74, 6) is -0.171. The molecule has 3 heteroatoms. The highest BCUT2D eigenvalue weighted by Crippen LogP contribution is 2.10. The van der Waals surface area contributed by atoms with Gasteiger partial charge in [0.05, 0.1) is 5.70 Å². The van der Waals surface area contributed by atoms with Crippen LogP contribution in [0.15, 0.2) is 23.9 Å². The minimum absolute atomic E-state index is 0.0745. The highest BCUT2D eigenvalue weighted by molar-refractivity contribution is 5.97. The van der Waals surface area contributed by atoms with Gasteiger partial charge in [0.25, 0.3) is 0 Å². The Balaban J connectivity index is 2.91. The topological polar surface area (TPSA) is 37.4 Å². The standard InChI is InChI=1S/C9H11NO2/c1-7(11)9-5-3-4-6-10(9)8(2)12/h3-5H,6H2,1-2H3. The van der Waals surface area contributed by atoms with E-state index in [4.69, 9.17) is 0 Å². The molecule has 0 radical (unpaired) electrons. The van der Waals surface area contributed by atoms with Crippen LogP contribution in [0, 0.1) is 0 Å². The van der Waals surface area contributed by atoms with Gasteiger partial charge in [0.2, 0.25) is 5.91 Å². The Hall–Kier alpha value is -1.38. The van der Waals surface area contributed by atoms with Crippen LogP contribution >= 0.6 is 0 Å². The van der Waals surface area contributed by atoms with E-state index in [-0.39, 0.29) is 11.7 Å². The molecule has 0 atom stereocenters. The zero-order valence-corrected chi connectivity index (χ0v) is 7.20. The lowest BCUT2D eigenvalue weighted by molar-refractivity contribution is -0.129. The first-order valence-corrected chi connectivity index (χ1v) is 3.79. The zero-order valence-electron chi connectivity index (χ0n) is 7.20. The van der Waals surface area contributed by atoms with Gasteiger partial charge in [-0.05, 0) is 6.08 Å². The van der Waals surface area contributed by atoms with Crippen LogP contribution in [0.5, 0.6) is 0 Å². The number of ketones is 1. The van der Waals surface area contributed by atoms with Gasteiger partial charge in [0, 0.05) is 20.4 Å². The highest BCUT2D eigenvalue weighted by atomic mass is 16.2. The molecule has 0 aliphatic carbocycles. The van der Waals surface area contributed by atoms with E-state index in [1.54, 1.807) is 12.2 Å². The first-order chi connectivity index (χ1) is 5.63. The van der Waals surface area contributed by atoms with Gasteiger partial charge < -0.3 is 4.90 Å². The Morgan fingerprint density at radius 2 is 2.08 bits per heavy atom. The summed E-state index contributed by atoms with van der Waals surface area (Å²) in [5.41, 5.74) is 0.477. The van der Waals surface area contributed by atoms with E-state index in [0.717, 1.165) is 0 Å². The molecule has 0 saturated heterocycles. The van der Waals surface area contributed by atoms with Crippen LogP contribution in [0.25, 0.3) is 0 Å². The van der Waals surface area contributed by atoms with E-state index in [9.17, 15) is 9.59 Å². The molecule has 0 unspecified atom stereocenters. The summed E-state index contributed by atoms with van der Waals surface area (Å²) in [6.07, 6.45) is 5.29. The number of Topliss-reactive ketones (excluding diaryl/α,β-unsaturated/α-hetero) is 1. The molecule has 1 amide bonds. The molecule has 1 rings (SSSR count). The van der Waals surface area contributed by atoms with E-state index < -0.39 is 0 Å². The number of carbonyl (C=O) groups excluding carboxylic acids is 2. The van der Waals surface area contributed by atoms with Crippen LogP contribution in [-0.2, 0) is 9.59 Å². The first-order valence-electron chi connectivity index (χ1n) is 3.79. The smallest absolute Gasteiger partial charge is 0.224 e. The molecule has 0 aromatic carbocycles. The van der Waals surface area contributed by atoms with E-state index in [0.29, 0.717) is 12.2 Å².